The van der Waals surface area contributed by atoms with E-state index in [1.807, 2.05) is 6.92 Å². The molecule has 216 valence electrons. The van der Waals surface area contributed by atoms with Crippen molar-refractivity contribution in [3.8, 4) is 17.2 Å². The molecule has 2 heterocycles. The summed E-state index contributed by atoms with van der Waals surface area (Å²) in [6.45, 7) is 2.30. The van der Waals surface area contributed by atoms with E-state index in [-0.39, 0.29) is 38.2 Å². The Hall–Kier alpha value is -3.94. The van der Waals surface area contributed by atoms with Crippen LogP contribution in [-0.4, -0.2) is 45.8 Å². The summed E-state index contributed by atoms with van der Waals surface area (Å²) in [7, 11) is 1.37. The predicted molar refractivity (Wildman–Crippen MR) is 161 cm³/mol. The molecule has 0 spiro atoms. The lowest BCUT2D eigenvalue weighted by molar-refractivity contribution is -0.132. The molecular formula is C29H23BrFN3O6S2. The molecular weight excluding hydrogens is 649 g/mol. The lowest BCUT2D eigenvalue weighted by atomic mass is 9.95. The number of aromatic nitrogens is 2. The fourth-order valence-corrected chi connectivity index (χ4v) is 6.71. The van der Waals surface area contributed by atoms with Crippen molar-refractivity contribution in [3.05, 3.63) is 93.2 Å². The van der Waals surface area contributed by atoms with Crippen molar-refractivity contribution in [2.45, 2.75) is 23.1 Å². The maximum Gasteiger partial charge on any atom is 0.301 e. The molecule has 1 aliphatic rings. The van der Waals surface area contributed by atoms with Gasteiger partial charge in [-0.25, -0.2) is 4.39 Å². The van der Waals surface area contributed by atoms with Gasteiger partial charge in [0.05, 0.1) is 29.8 Å². The summed E-state index contributed by atoms with van der Waals surface area (Å²) in [6.07, 6.45) is 0. The van der Waals surface area contributed by atoms with Gasteiger partial charge >= 0.3 is 5.91 Å². The second-order valence-electron chi connectivity index (χ2n) is 8.91. The Kier molecular flexibility index (Phi) is 8.80. The number of aliphatic hydroxyl groups is 1. The molecule has 1 atom stereocenters. The zero-order valence-electron chi connectivity index (χ0n) is 22.2. The molecule has 42 heavy (non-hydrogen) atoms. The Morgan fingerprint density at radius 3 is 2.57 bits per heavy atom. The molecule has 9 nitrogen and oxygen atoms in total. The number of carbonyl (C=O) groups excluding carboxylic acids is 2. The Labute approximate surface area is 256 Å². The van der Waals surface area contributed by atoms with Gasteiger partial charge in [0.1, 0.15) is 17.3 Å². The van der Waals surface area contributed by atoms with Crippen LogP contribution in [0.4, 0.5) is 9.52 Å². The normalized spacial score (nSPS) is 16.2. The number of aromatic hydroxyl groups is 1. The SMILES string of the molecule is CCOc1ccc(/C(O)=C2/C(=O)C(=O)N(c3nnc(SCc4ccccc4F)s3)C2c2cc(Br)c(O)c(OC)c2)cc1. The van der Waals surface area contributed by atoms with Crippen molar-refractivity contribution in [1.29, 1.82) is 0 Å². The van der Waals surface area contributed by atoms with Crippen LogP contribution in [0.2, 0.25) is 0 Å². The zero-order chi connectivity index (χ0) is 30.0. The number of ether oxygens (including phenoxy) is 2. The van der Waals surface area contributed by atoms with Crippen molar-refractivity contribution in [3.63, 3.8) is 0 Å². The maximum absolute atomic E-state index is 14.1. The zero-order valence-corrected chi connectivity index (χ0v) is 25.4. The minimum absolute atomic E-state index is 0.0874. The Balaban J connectivity index is 1.59. The van der Waals surface area contributed by atoms with E-state index in [9.17, 15) is 24.2 Å². The number of nitrogens with zero attached hydrogens (tertiary/aromatic N) is 3. The second-order valence-corrected chi connectivity index (χ2v) is 11.9. The maximum atomic E-state index is 14.1. The number of phenolic OH excluding ortho intramolecular Hbond substituents is 1. The van der Waals surface area contributed by atoms with Gasteiger partial charge in [0.25, 0.3) is 5.78 Å². The minimum Gasteiger partial charge on any atom is -0.507 e. The lowest BCUT2D eigenvalue weighted by Gasteiger charge is -2.23. The third kappa shape index (κ3) is 5.72. The van der Waals surface area contributed by atoms with Crippen LogP contribution in [0.1, 0.15) is 29.7 Å². The van der Waals surface area contributed by atoms with Gasteiger partial charge in [-0.1, -0.05) is 41.3 Å². The Morgan fingerprint density at radius 2 is 1.88 bits per heavy atom. The fraction of sp³-hybridized carbons (Fsp3) is 0.172. The Bertz CT molecular complexity index is 1700. The summed E-state index contributed by atoms with van der Waals surface area (Å²) in [5.74, 6) is -1.82. The van der Waals surface area contributed by atoms with Crippen LogP contribution >= 0.6 is 39.0 Å². The molecule has 0 radical (unpaired) electrons. The van der Waals surface area contributed by atoms with E-state index in [1.54, 1.807) is 42.5 Å². The number of aliphatic hydroxyl groups excluding tert-OH is 1. The molecule has 1 saturated heterocycles. The topological polar surface area (TPSA) is 122 Å². The molecule has 3 aromatic carbocycles. The van der Waals surface area contributed by atoms with Gasteiger partial charge in [-0.3, -0.25) is 14.5 Å². The minimum atomic E-state index is -1.14. The number of amides is 1. The third-order valence-electron chi connectivity index (χ3n) is 6.38. The number of Topliss-reactive ketones (excluding diaryl/α,β-unsaturated/α-hetero) is 1. The van der Waals surface area contributed by atoms with E-state index in [0.29, 0.717) is 33.4 Å². The summed E-state index contributed by atoms with van der Waals surface area (Å²) >= 11 is 5.58. The van der Waals surface area contributed by atoms with Gasteiger partial charge in [0.2, 0.25) is 5.13 Å². The van der Waals surface area contributed by atoms with Crippen molar-refractivity contribution in [1.82, 2.24) is 10.2 Å². The molecule has 2 N–H and O–H groups in total. The highest BCUT2D eigenvalue weighted by Gasteiger charge is 2.48. The summed E-state index contributed by atoms with van der Waals surface area (Å²) in [5.41, 5.74) is 0.958. The van der Waals surface area contributed by atoms with E-state index >= 15 is 0 Å². The van der Waals surface area contributed by atoms with E-state index in [1.165, 1.54) is 37.1 Å². The van der Waals surface area contributed by atoms with Gasteiger partial charge in [-0.15, -0.1) is 10.2 Å². The number of anilines is 1. The lowest BCUT2D eigenvalue weighted by Crippen LogP contribution is -2.29. The Morgan fingerprint density at radius 1 is 1.14 bits per heavy atom. The first-order chi connectivity index (χ1) is 20.2. The number of benzene rings is 3. The average molecular weight is 673 g/mol. The molecule has 1 aromatic heterocycles. The van der Waals surface area contributed by atoms with Crippen LogP contribution in [0.5, 0.6) is 17.2 Å². The number of hydrogen-bond donors (Lipinski definition) is 2. The van der Waals surface area contributed by atoms with Crippen molar-refractivity contribution in [2.75, 3.05) is 18.6 Å². The number of phenols is 1. The molecule has 1 unspecified atom stereocenters. The quantitative estimate of drug-likeness (QED) is 0.0678. The van der Waals surface area contributed by atoms with Crippen LogP contribution in [0.15, 0.2) is 75.0 Å². The molecule has 4 aromatic rings. The number of ketones is 1. The number of hydrogen-bond acceptors (Lipinski definition) is 10. The molecule has 1 aliphatic heterocycles. The van der Waals surface area contributed by atoms with Crippen LogP contribution in [0.3, 0.4) is 0 Å². The number of rotatable bonds is 9. The third-order valence-corrected chi connectivity index (χ3v) is 9.09. The average Bonchev–Trinajstić information content (AvgIpc) is 3.56. The monoisotopic (exact) mass is 671 g/mol. The van der Waals surface area contributed by atoms with Gasteiger partial charge in [-0.05, 0) is 76.4 Å². The van der Waals surface area contributed by atoms with Gasteiger partial charge in [0, 0.05) is 11.3 Å². The molecule has 0 aliphatic carbocycles. The summed E-state index contributed by atoms with van der Waals surface area (Å²) in [4.78, 5) is 28.2. The predicted octanol–water partition coefficient (Wildman–Crippen LogP) is 6.47. The van der Waals surface area contributed by atoms with E-state index < -0.39 is 23.5 Å². The highest BCUT2D eigenvalue weighted by molar-refractivity contribution is 9.10. The highest BCUT2D eigenvalue weighted by Crippen LogP contribution is 2.47. The molecule has 0 bridgehead atoms. The second kappa shape index (κ2) is 12.5. The van der Waals surface area contributed by atoms with Gasteiger partial charge in [-0.2, -0.15) is 0 Å². The van der Waals surface area contributed by atoms with Crippen LogP contribution in [0, 0.1) is 5.82 Å². The van der Waals surface area contributed by atoms with Crippen LogP contribution in [-0.2, 0) is 15.3 Å². The first-order valence-electron chi connectivity index (χ1n) is 12.5. The molecule has 1 amide bonds. The number of thioether (sulfide) groups is 1. The first kappa shape index (κ1) is 29.5. The smallest absolute Gasteiger partial charge is 0.301 e. The number of methoxy groups -OCH3 is 1. The fourth-order valence-electron chi connectivity index (χ4n) is 4.40. The molecule has 1 fully saturated rings. The largest absolute Gasteiger partial charge is 0.507 e. The number of halogens is 2. The first-order valence-corrected chi connectivity index (χ1v) is 15.1. The molecule has 13 heteroatoms. The van der Waals surface area contributed by atoms with Crippen molar-refractivity contribution in [2.24, 2.45) is 0 Å². The highest BCUT2D eigenvalue weighted by atomic mass is 79.9. The van der Waals surface area contributed by atoms with E-state index in [2.05, 4.69) is 26.1 Å². The number of carbonyl (C=O) groups is 2. The van der Waals surface area contributed by atoms with Gasteiger partial charge in [0.15, 0.2) is 15.8 Å². The molecule has 0 saturated carbocycles. The standard InChI is InChI=1S/C29H23BrFN3O6S2/c1-3-40-18-10-8-15(9-11-18)24(35)22-23(17-12-19(30)25(36)21(13-17)39-2)34(27(38)26(22)37)28-32-33-29(42-28)41-14-16-6-4-5-7-20(16)31/h4-13,23,35-36H,3,14H2,1-2H3/b24-22-. The van der Waals surface area contributed by atoms with Crippen LogP contribution in [0.25, 0.3) is 5.76 Å². The van der Waals surface area contributed by atoms with Crippen molar-refractivity contribution < 1.29 is 33.7 Å². The summed E-state index contributed by atoms with van der Waals surface area (Å²) in [6, 6.07) is 14.7. The summed E-state index contributed by atoms with van der Waals surface area (Å²) in [5, 5.41) is 30.2. The van der Waals surface area contributed by atoms with Crippen molar-refractivity contribution >= 4 is 61.6 Å². The molecule has 5 rings (SSSR count). The van der Waals surface area contributed by atoms with Crippen LogP contribution < -0.4 is 14.4 Å². The van der Waals surface area contributed by atoms with E-state index in [0.717, 1.165) is 16.2 Å². The van der Waals surface area contributed by atoms with Gasteiger partial charge < -0.3 is 19.7 Å². The van der Waals surface area contributed by atoms with E-state index in [4.69, 9.17) is 9.47 Å². The summed E-state index contributed by atoms with van der Waals surface area (Å²) < 4.78 is 25.6.